The van der Waals surface area contributed by atoms with Crippen LogP contribution in [0.5, 0.6) is 17.2 Å². The molecule has 0 amide bonds. The van der Waals surface area contributed by atoms with E-state index in [1.165, 1.54) is 80.9 Å². The second-order valence-corrected chi connectivity index (χ2v) is 26.1. The Kier molecular flexibility index (Phi) is 15.8. The first-order chi connectivity index (χ1) is 42.6. The molecule has 88 heavy (non-hydrogen) atoms. The van der Waals surface area contributed by atoms with Crippen molar-refractivity contribution in [2.45, 2.75) is 142 Å². The maximum absolute atomic E-state index is 6.26. The third-order valence-electron chi connectivity index (χ3n) is 17.9. The van der Waals surface area contributed by atoms with Crippen LogP contribution >= 0.6 is 0 Å². The Morgan fingerprint density at radius 3 is 1.00 bits per heavy atom. The first kappa shape index (κ1) is 58.1. The van der Waals surface area contributed by atoms with Crippen molar-refractivity contribution in [1.82, 2.24) is 19.9 Å². The van der Waals surface area contributed by atoms with Gasteiger partial charge >= 0.3 is 0 Å². The molecule has 11 nitrogen and oxygen atoms in total. The summed E-state index contributed by atoms with van der Waals surface area (Å²) < 4.78 is 42.1. The molecule has 0 unspecified atom stereocenters. The van der Waals surface area contributed by atoms with Gasteiger partial charge in [0.05, 0.1) is 20.8 Å². The fourth-order valence-electron chi connectivity index (χ4n) is 13.1. The van der Waals surface area contributed by atoms with E-state index in [0.29, 0.717) is 53.2 Å². The Labute approximate surface area is 515 Å². The van der Waals surface area contributed by atoms with Gasteiger partial charge in [0.2, 0.25) is 23.6 Å². The molecule has 8 aromatic carbocycles. The van der Waals surface area contributed by atoms with Crippen LogP contribution in [0.3, 0.4) is 0 Å². The second kappa shape index (κ2) is 24.0. The van der Waals surface area contributed by atoms with Crippen molar-refractivity contribution in [3.05, 3.63) is 173 Å². The van der Waals surface area contributed by atoms with E-state index in [1.807, 2.05) is 49.4 Å². The van der Waals surface area contributed by atoms with Gasteiger partial charge in [0, 0.05) is 51.6 Å². The molecule has 2 fully saturated rings. The second-order valence-electron chi connectivity index (χ2n) is 26.1. The number of ether oxygens (including phenoxy) is 3. The lowest BCUT2D eigenvalue weighted by molar-refractivity contribution is 0.328. The Bertz CT molecular complexity index is 4300. The van der Waals surface area contributed by atoms with Crippen molar-refractivity contribution >= 4 is 44.4 Å². The average molecular weight is 1170 g/mol. The number of methoxy groups -OCH3 is 2. The molecular formula is C77H78N4O7. The predicted molar refractivity (Wildman–Crippen MR) is 354 cm³/mol. The maximum atomic E-state index is 6.26. The zero-order valence-electron chi connectivity index (χ0n) is 52.4. The van der Waals surface area contributed by atoms with Gasteiger partial charge in [-0.3, -0.25) is 0 Å². The topological polar surface area (TPSA) is 132 Å². The van der Waals surface area contributed by atoms with Gasteiger partial charge in [0.25, 0.3) is 0 Å². The molecule has 2 aliphatic rings. The number of nitrogens with zero attached hydrogens (tertiary/aromatic N) is 4. The lowest BCUT2D eigenvalue weighted by Crippen LogP contribution is -2.12. The van der Waals surface area contributed by atoms with Crippen molar-refractivity contribution in [3.8, 4) is 85.3 Å². The summed E-state index contributed by atoms with van der Waals surface area (Å²) in [6.07, 6.45) is 12.9. The van der Waals surface area contributed by atoms with Crippen LogP contribution in [-0.4, -0.2) is 40.8 Å². The fourth-order valence-corrected chi connectivity index (χ4v) is 13.1. The average Bonchev–Trinajstić information content (AvgIpc) is 2.20. The van der Waals surface area contributed by atoms with E-state index in [2.05, 4.69) is 152 Å². The lowest BCUT2D eigenvalue weighted by atomic mass is 9.82. The van der Waals surface area contributed by atoms with Gasteiger partial charge in [0.1, 0.15) is 39.3 Å². The molecule has 0 radical (unpaired) electrons. The van der Waals surface area contributed by atoms with E-state index in [-0.39, 0.29) is 10.8 Å². The summed E-state index contributed by atoms with van der Waals surface area (Å²) in [6.45, 7) is 17.9. The largest absolute Gasteiger partial charge is 0.496 e. The van der Waals surface area contributed by atoms with Gasteiger partial charge in [0.15, 0.2) is 22.3 Å². The van der Waals surface area contributed by atoms with Crippen LogP contribution in [0.1, 0.15) is 152 Å². The van der Waals surface area contributed by atoms with E-state index >= 15 is 0 Å². The number of benzene rings is 8. The molecule has 0 spiro atoms. The molecule has 12 aromatic rings. The molecule has 448 valence electrons. The normalized spacial score (nSPS) is 14.4. The van der Waals surface area contributed by atoms with Crippen LogP contribution in [-0.2, 0) is 10.8 Å². The molecule has 11 heteroatoms. The number of hydrogen-bond donors (Lipinski definition) is 0. The summed E-state index contributed by atoms with van der Waals surface area (Å²) in [5.41, 5.74) is 20.9. The van der Waals surface area contributed by atoms with Crippen LogP contribution in [0.15, 0.2) is 163 Å². The summed E-state index contributed by atoms with van der Waals surface area (Å²) in [5, 5.41) is 0. The quantitative estimate of drug-likeness (QED) is 0.116. The minimum atomic E-state index is -0.0698. The highest BCUT2D eigenvalue weighted by Crippen LogP contribution is 2.43. The molecule has 14 rings (SSSR count). The summed E-state index contributed by atoms with van der Waals surface area (Å²) in [5.74, 6) is 6.23. The van der Waals surface area contributed by atoms with Gasteiger partial charge < -0.3 is 31.9 Å². The minimum Gasteiger partial charge on any atom is -0.496 e. The summed E-state index contributed by atoms with van der Waals surface area (Å²) in [6, 6.07) is 50.1. The van der Waals surface area contributed by atoms with Crippen molar-refractivity contribution in [2.24, 2.45) is 0 Å². The molecule has 0 aliphatic heterocycles. The van der Waals surface area contributed by atoms with E-state index < -0.39 is 0 Å². The predicted octanol–water partition coefficient (Wildman–Crippen LogP) is 21.4. The fraction of sp³-hybridized carbons (Fsp3) is 0.325. The van der Waals surface area contributed by atoms with Crippen molar-refractivity contribution in [3.63, 3.8) is 0 Å². The highest BCUT2D eigenvalue weighted by molar-refractivity contribution is 5.84. The van der Waals surface area contributed by atoms with Gasteiger partial charge in [-0.2, -0.15) is 0 Å². The Morgan fingerprint density at radius 1 is 0.375 bits per heavy atom. The van der Waals surface area contributed by atoms with Crippen molar-refractivity contribution in [1.29, 1.82) is 0 Å². The van der Waals surface area contributed by atoms with E-state index in [0.717, 1.165) is 106 Å². The van der Waals surface area contributed by atoms with Crippen LogP contribution in [0, 0.1) is 6.92 Å². The zero-order chi connectivity index (χ0) is 60.8. The first-order valence-electron chi connectivity index (χ1n) is 31.5. The van der Waals surface area contributed by atoms with E-state index in [4.69, 9.17) is 51.8 Å². The monoisotopic (exact) mass is 1170 g/mol. The number of oxazole rings is 4. The molecule has 0 N–H and O–H groups in total. The number of aryl methyl sites for hydroxylation is 1. The highest BCUT2D eigenvalue weighted by Gasteiger charge is 2.26. The van der Waals surface area contributed by atoms with Crippen LogP contribution in [0.2, 0.25) is 0 Å². The van der Waals surface area contributed by atoms with Crippen LogP contribution in [0.4, 0.5) is 0 Å². The third kappa shape index (κ3) is 11.8. The van der Waals surface area contributed by atoms with Crippen LogP contribution < -0.4 is 14.2 Å². The molecule has 0 saturated heterocycles. The van der Waals surface area contributed by atoms with Gasteiger partial charge in [-0.05, 0) is 180 Å². The molecule has 4 heterocycles. The SMILES string of the molecule is CCOc1cc2oc(-c3ccc(-c4ccc(-c5nc6cc(C7CCCCC7)c(C)cc6o5)cc4)cc3)nc2cc1C1CCCCC1.COc1cc2oc(-c3ccc(-c4ccc(-c5nc6cc(C(C)(C)C)c(OC)cc6o5)cc4)cc3)nc2cc1C(C)(C)C. The standard InChI is InChI=1S/C41H42N2O3.C36H36N2O4/c1-3-44-37-25-39-36(24-34(37)30-12-8-5-9-13-30)43-41(46-39)32-20-16-28(17-21-32)27-14-18-31(19-15-27)40-42-35-23-33(26(2)22-38(35)45-40)29-10-6-4-7-11-29;1-35(2,3)25-17-27-31(19-29(25)39-7)41-33(37-27)23-13-9-21(10-14-23)22-11-15-24(16-12-22)34-38-28-18-26(36(4,5)6)30(40-8)20-32(28)42-34/h14-25,29-30H,3-13H2,1-2H3;9-20H,1-8H3. The minimum absolute atomic E-state index is 0.0698. The zero-order valence-corrected chi connectivity index (χ0v) is 52.4. The smallest absolute Gasteiger partial charge is 0.227 e. The number of fused-ring (bicyclic) bond motifs is 4. The number of aromatic nitrogens is 4. The Balaban J connectivity index is 0.000000163. The summed E-state index contributed by atoms with van der Waals surface area (Å²) >= 11 is 0. The molecule has 2 saturated carbocycles. The molecule has 2 aliphatic carbocycles. The van der Waals surface area contributed by atoms with Crippen molar-refractivity contribution < 1.29 is 31.9 Å². The third-order valence-corrected chi connectivity index (χ3v) is 17.9. The van der Waals surface area contributed by atoms with Gasteiger partial charge in [-0.1, -0.05) is 129 Å². The Morgan fingerprint density at radius 2 is 0.670 bits per heavy atom. The number of rotatable bonds is 12. The van der Waals surface area contributed by atoms with Crippen LogP contribution in [0.25, 0.3) is 112 Å². The van der Waals surface area contributed by atoms with E-state index in [1.54, 1.807) is 14.2 Å². The van der Waals surface area contributed by atoms with Crippen molar-refractivity contribution in [2.75, 3.05) is 20.8 Å². The molecule has 0 bridgehead atoms. The summed E-state index contributed by atoms with van der Waals surface area (Å²) in [7, 11) is 3.37. The molecule has 4 aromatic heterocycles. The Hall–Kier alpha value is -8.96. The van der Waals surface area contributed by atoms with E-state index in [9.17, 15) is 0 Å². The highest BCUT2D eigenvalue weighted by atomic mass is 16.5. The first-order valence-corrected chi connectivity index (χ1v) is 31.5. The molecule has 0 atom stereocenters. The lowest BCUT2D eigenvalue weighted by Gasteiger charge is -2.24. The van der Waals surface area contributed by atoms with Gasteiger partial charge in [-0.25, -0.2) is 19.9 Å². The number of hydrogen-bond acceptors (Lipinski definition) is 11. The molecular weight excluding hydrogens is 1090 g/mol. The maximum Gasteiger partial charge on any atom is 0.227 e. The summed E-state index contributed by atoms with van der Waals surface area (Å²) in [4.78, 5) is 19.4. The van der Waals surface area contributed by atoms with Gasteiger partial charge in [-0.15, -0.1) is 0 Å².